The van der Waals surface area contributed by atoms with Crippen molar-refractivity contribution in [2.24, 2.45) is 0 Å². The van der Waals surface area contributed by atoms with Crippen molar-refractivity contribution in [1.82, 2.24) is 10.2 Å². The highest BCUT2D eigenvalue weighted by atomic mass is 35.5. The van der Waals surface area contributed by atoms with Crippen LogP contribution in [-0.2, 0) is 4.79 Å². The van der Waals surface area contributed by atoms with E-state index in [1.807, 2.05) is 48.0 Å². The zero-order chi connectivity index (χ0) is 13.7. The molecule has 5 heteroatoms. The van der Waals surface area contributed by atoms with Crippen LogP contribution in [0.1, 0.15) is 18.0 Å². The maximum Gasteiger partial charge on any atom is 0.224 e. The molecule has 0 aliphatic carbocycles. The molecule has 1 unspecified atom stereocenters. The second kappa shape index (κ2) is 7.17. The molecule has 1 aliphatic rings. The normalized spacial score (nSPS) is 19.5. The van der Waals surface area contributed by atoms with Crippen LogP contribution < -0.4 is 5.32 Å². The number of carbonyl (C=O) groups is 1. The molecule has 0 spiro atoms. The first-order valence-electron chi connectivity index (χ1n) is 6.49. The third-order valence-electron chi connectivity index (χ3n) is 3.29. The number of nitrogens with one attached hydrogen (secondary N) is 1. The van der Waals surface area contributed by atoms with E-state index in [4.69, 9.17) is 11.6 Å². The molecule has 104 valence electrons. The zero-order valence-corrected chi connectivity index (χ0v) is 12.6. The first-order chi connectivity index (χ1) is 9.22. The first kappa shape index (κ1) is 14.7. The largest absolute Gasteiger partial charge is 0.334 e. The van der Waals surface area contributed by atoms with Crippen LogP contribution in [0.3, 0.4) is 0 Å². The molecular weight excluding hydrogens is 280 g/mol. The Bertz CT molecular complexity index is 424. The molecule has 1 aromatic rings. The van der Waals surface area contributed by atoms with Crippen LogP contribution in [0.4, 0.5) is 0 Å². The lowest BCUT2D eigenvalue weighted by atomic mass is 10.1. The Balaban J connectivity index is 2.11. The summed E-state index contributed by atoms with van der Waals surface area (Å²) in [7, 11) is 1.87. The number of thioether (sulfide) groups is 1. The molecule has 0 aromatic heterocycles. The molecule has 0 radical (unpaired) electrons. The molecular formula is C14H19ClN2OS. The molecule has 1 aliphatic heterocycles. The van der Waals surface area contributed by atoms with E-state index in [-0.39, 0.29) is 11.9 Å². The fourth-order valence-electron chi connectivity index (χ4n) is 2.24. The van der Waals surface area contributed by atoms with Gasteiger partial charge in [-0.05, 0) is 24.7 Å². The summed E-state index contributed by atoms with van der Waals surface area (Å²) in [5, 5.41) is 3.77. The fraction of sp³-hybridized carbons (Fsp3) is 0.500. The number of hydrogen-bond donors (Lipinski definition) is 1. The number of rotatable bonds is 4. The second-order valence-electron chi connectivity index (χ2n) is 4.58. The van der Waals surface area contributed by atoms with Gasteiger partial charge in [0, 0.05) is 36.0 Å². The van der Waals surface area contributed by atoms with E-state index in [0.717, 1.165) is 29.6 Å². The minimum Gasteiger partial charge on any atom is -0.334 e. The summed E-state index contributed by atoms with van der Waals surface area (Å²) in [6.07, 6.45) is 0.561. The van der Waals surface area contributed by atoms with Crippen LogP contribution >= 0.6 is 23.4 Å². The van der Waals surface area contributed by atoms with Gasteiger partial charge in [0.05, 0.1) is 6.04 Å². The Labute approximate surface area is 123 Å². The van der Waals surface area contributed by atoms with Crippen LogP contribution in [0.15, 0.2) is 24.3 Å². The molecule has 1 amide bonds. The highest BCUT2D eigenvalue weighted by Crippen LogP contribution is 2.30. The van der Waals surface area contributed by atoms with Gasteiger partial charge >= 0.3 is 0 Å². The van der Waals surface area contributed by atoms with E-state index in [1.54, 1.807) is 0 Å². The topological polar surface area (TPSA) is 32.3 Å². The number of carbonyl (C=O) groups excluding carboxylic acids is 1. The third kappa shape index (κ3) is 3.88. The van der Waals surface area contributed by atoms with Crippen LogP contribution in [0.25, 0.3) is 0 Å². The number of nitrogens with zero attached hydrogens (tertiary/aromatic N) is 1. The van der Waals surface area contributed by atoms with Crippen LogP contribution in [0.5, 0.6) is 0 Å². The predicted molar refractivity (Wildman–Crippen MR) is 81.8 cm³/mol. The van der Waals surface area contributed by atoms with E-state index in [0.29, 0.717) is 6.42 Å². The quantitative estimate of drug-likeness (QED) is 0.927. The molecule has 0 bridgehead atoms. The minimum absolute atomic E-state index is 0.181. The van der Waals surface area contributed by atoms with Gasteiger partial charge in [-0.1, -0.05) is 23.7 Å². The van der Waals surface area contributed by atoms with Crippen LogP contribution in [-0.4, -0.2) is 42.4 Å². The summed E-state index contributed by atoms with van der Waals surface area (Å²) < 4.78 is 0. The number of benzene rings is 1. The molecule has 2 rings (SSSR count). The lowest BCUT2D eigenvalue weighted by Gasteiger charge is -2.36. The Morgan fingerprint density at radius 3 is 2.89 bits per heavy atom. The average Bonchev–Trinajstić information content (AvgIpc) is 2.45. The average molecular weight is 299 g/mol. The minimum atomic E-state index is 0.181. The van der Waals surface area contributed by atoms with Gasteiger partial charge in [0.25, 0.3) is 0 Å². The van der Waals surface area contributed by atoms with E-state index in [2.05, 4.69) is 5.32 Å². The summed E-state index contributed by atoms with van der Waals surface area (Å²) in [6, 6.07) is 8.02. The van der Waals surface area contributed by atoms with Gasteiger partial charge in [0.15, 0.2) is 0 Å². The van der Waals surface area contributed by atoms with Crippen molar-refractivity contribution in [2.45, 2.75) is 12.5 Å². The molecule has 3 nitrogen and oxygen atoms in total. The molecule has 1 atom stereocenters. The van der Waals surface area contributed by atoms with Gasteiger partial charge in [-0.3, -0.25) is 4.79 Å². The number of halogens is 1. The van der Waals surface area contributed by atoms with E-state index >= 15 is 0 Å². The van der Waals surface area contributed by atoms with Crippen LogP contribution in [0.2, 0.25) is 5.02 Å². The maximum atomic E-state index is 12.3. The Morgan fingerprint density at radius 2 is 2.21 bits per heavy atom. The summed E-state index contributed by atoms with van der Waals surface area (Å²) >= 11 is 7.83. The summed E-state index contributed by atoms with van der Waals surface area (Å²) in [6.45, 7) is 1.57. The predicted octanol–water partition coefficient (Wildman–Crippen LogP) is 2.57. The van der Waals surface area contributed by atoms with Gasteiger partial charge in [-0.25, -0.2) is 0 Å². The third-order valence-corrected chi connectivity index (χ3v) is 4.57. The summed E-state index contributed by atoms with van der Waals surface area (Å²) in [4.78, 5) is 14.3. The molecule has 1 N–H and O–H groups in total. The molecule has 0 saturated carbocycles. The number of hydrogen-bond acceptors (Lipinski definition) is 3. The van der Waals surface area contributed by atoms with Crippen molar-refractivity contribution in [3.63, 3.8) is 0 Å². The molecule has 1 heterocycles. The van der Waals surface area contributed by atoms with Crippen molar-refractivity contribution in [3.05, 3.63) is 34.9 Å². The SMILES string of the molecule is CNCCC(=O)N1CCSCC1c1ccc(Cl)cc1. The van der Waals surface area contributed by atoms with Crippen molar-refractivity contribution >= 4 is 29.3 Å². The Morgan fingerprint density at radius 1 is 1.47 bits per heavy atom. The highest BCUT2D eigenvalue weighted by Gasteiger charge is 2.27. The van der Waals surface area contributed by atoms with E-state index in [9.17, 15) is 4.79 Å². The summed E-state index contributed by atoms with van der Waals surface area (Å²) in [5.74, 6) is 2.22. The Kier molecular flexibility index (Phi) is 5.55. The molecule has 19 heavy (non-hydrogen) atoms. The summed E-state index contributed by atoms with van der Waals surface area (Å²) in [5.41, 5.74) is 1.18. The van der Waals surface area contributed by atoms with Crippen LogP contribution in [0, 0.1) is 0 Å². The lowest BCUT2D eigenvalue weighted by Crippen LogP contribution is -2.41. The van der Waals surface area contributed by atoms with Gasteiger partial charge in [0.2, 0.25) is 5.91 Å². The first-order valence-corrected chi connectivity index (χ1v) is 8.03. The Hall–Kier alpha value is -0.710. The zero-order valence-electron chi connectivity index (χ0n) is 11.1. The van der Waals surface area contributed by atoms with Gasteiger partial charge in [-0.2, -0.15) is 11.8 Å². The van der Waals surface area contributed by atoms with Crippen molar-refractivity contribution < 1.29 is 4.79 Å². The smallest absolute Gasteiger partial charge is 0.224 e. The standard InChI is InChI=1S/C14H19ClN2OS/c1-16-7-6-14(18)17-8-9-19-10-13(17)11-2-4-12(15)5-3-11/h2-5,13,16H,6-10H2,1H3. The maximum absolute atomic E-state index is 12.3. The van der Waals surface area contributed by atoms with Crippen molar-refractivity contribution in [2.75, 3.05) is 31.6 Å². The van der Waals surface area contributed by atoms with Gasteiger partial charge < -0.3 is 10.2 Å². The van der Waals surface area contributed by atoms with E-state index < -0.39 is 0 Å². The lowest BCUT2D eigenvalue weighted by molar-refractivity contribution is -0.133. The molecule has 1 aromatic carbocycles. The highest BCUT2D eigenvalue weighted by molar-refractivity contribution is 7.99. The second-order valence-corrected chi connectivity index (χ2v) is 6.17. The van der Waals surface area contributed by atoms with E-state index in [1.165, 1.54) is 5.56 Å². The monoisotopic (exact) mass is 298 g/mol. The fourth-order valence-corrected chi connectivity index (χ4v) is 3.45. The van der Waals surface area contributed by atoms with Gasteiger partial charge in [0.1, 0.15) is 0 Å². The van der Waals surface area contributed by atoms with Crippen molar-refractivity contribution in [3.8, 4) is 0 Å². The number of amides is 1. The molecule has 1 fully saturated rings. The van der Waals surface area contributed by atoms with Crippen molar-refractivity contribution in [1.29, 1.82) is 0 Å². The molecule has 1 saturated heterocycles. The van der Waals surface area contributed by atoms with Gasteiger partial charge in [-0.15, -0.1) is 0 Å².